The molecule has 0 N–H and O–H groups in total. The van der Waals surface area contributed by atoms with Crippen molar-refractivity contribution >= 4 is 34.9 Å². The number of carbonyl (C=O) groups is 2. The third-order valence-corrected chi connectivity index (χ3v) is 14.1. The van der Waals surface area contributed by atoms with Gasteiger partial charge in [0.1, 0.15) is 23.2 Å². The fraction of sp³-hybridized carbons (Fsp3) is 0.214. The van der Waals surface area contributed by atoms with Crippen LogP contribution in [0.15, 0.2) is 193 Å². The Labute approximate surface area is 395 Å². The van der Waals surface area contributed by atoms with Gasteiger partial charge in [0, 0.05) is 23.8 Å². The number of nitrogens with zero attached hydrogens (tertiary/aromatic N) is 4. The van der Waals surface area contributed by atoms with Gasteiger partial charge < -0.3 is 9.47 Å². The predicted octanol–water partition coefficient (Wildman–Crippen LogP) is 13.6. The van der Waals surface area contributed by atoms with E-state index < -0.39 is 0 Å². The fourth-order valence-corrected chi connectivity index (χ4v) is 10.9. The number of carbonyl (C=O) groups excluding carboxylic acids is 2. The number of ether oxygens (including phenoxy) is 2. The molecule has 2 aromatic heterocycles. The molecule has 2 aliphatic heterocycles. The third-order valence-electron chi connectivity index (χ3n) is 12.2. The summed E-state index contributed by atoms with van der Waals surface area (Å²) in [4.78, 5) is 39.5. The Bertz CT molecular complexity index is 2470. The quantitative estimate of drug-likeness (QED) is 0.121. The van der Waals surface area contributed by atoms with Crippen molar-refractivity contribution in [3.05, 3.63) is 248 Å². The van der Waals surface area contributed by atoms with Crippen molar-refractivity contribution in [3.8, 4) is 0 Å². The maximum Gasteiger partial charge on any atom is 0.410 e. The average Bonchev–Trinajstić information content (AvgIpc) is 4.24. The number of aromatic nitrogens is 2. The highest BCUT2D eigenvalue weighted by Crippen LogP contribution is 2.40. The van der Waals surface area contributed by atoms with E-state index in [1.165, 1.54) is 22.3 Å². The maximum atomic E-state index is 12.9. The normalized spacial score (nSPS) is 15.7. The number of rotatable bonds is 12. The summed E-state index contributed by atoms with van der Waals surface area (Å²) in [6, 6.07) is 61.5. The molecule has 66 heavy (non-hydrogen) atoms. The third kappa shape index (κ3) is 10.8. The number of hydrogen-bond donors (Lipinski definition) is 0. The van der Waals surface area contributed by atoms with E-state index in [0.29, 0.717) is 13.1 Å². The van der Waals surface area contributed by atoms with E-state index in [2.05, 4.69) is 108 Å². The van der Waals surface area contributed by atoms with E-state index in [1.54, 1.807) is 22.7 Å². The second-order valence-corrected chi connectivity index (χ2v) is 18.3. The molecule has 0 bridgehead atoms. The highest BCUT2D eigenvalue weighted by atomic mass is 32.1. The van der Waals surface area contributed by atoms with Gasteiger partial charge in [0.25, 0.3) is 0 Å². The summed E-state index contributed by atoms with van der Waals surface area (Å²) >= 11 is 3.28. The first-order chi connectivity index (χ1) is 32.6. The van der Waals surface area contributed by atoms with Gasteiger partial charge >= 0.3 is 12.2 Å². The van der Waals surface area contributed by atoms with E-state index in [0.717, 1.165) is 58.2 Å². The minimum Gasteiger partial charge on any atom is -0.445 e. The molecular formula is C56H52N4O4S2. The number of amides is 2. The largest absolute Gasteiger partial charge is 0.445 e. The zero-order valence-electron chi connectivity index (χ0n) is 36.7. The lowest BCUT2D eigenvalue weighted by atomic mass is 9.89. The number of thiazole rings is 2. The predicted molar refractivity (Wildman–Crippen MR) is 263 cm³/mol. The number of hydrogen-bond acceptors (Lipinski definition) is 8. The van der Waals surface area contributed by atoms with Crippen molar-refractivity contribution in [2.75, 3.05) is 13.1 Å². The molecule has 8 aromatic rings. The van der Waals surface area contributed by atoms with Crippen molar-refractivity contribution in [2.24, 2.45) is 0 Å². The first kappa shape index (κ1) is 44.3. The van der Waals surface area contributed by atoms with Gasteiger partial charge in [-0.05, 0) is 59.1 Å². The topological polar surface area (TPSA) is 84.9 Å². The highest BCUT2D eigenvalue weighted by Gasteiger charge is 2.35. The number of benzene rings is 6. The summed E-state index contributed by atoms with van der Waals surface area (Å²) < 4.78 is 11.2. The molecule has 2 fully saturated rings. The van der Waals surface area contributed by atoms with Gasteiger partial charge in [-0.1, -0.05) is 182 Å². The van der Waals surface area contributed by atoms with E-state index in [4.69, 9.17) is 19.4 Å². The van der Waals surface area contributed by atoms with Gasteiger partial charge in [0.05, 0.1) is 35.3 Å². The summed E-state index contributed by atoms with van der Waals surface area (Å²) in [5.41, 5.74) is 8.89. The molecule has 332 valence electrons. The zero-order chi connectivity index (χ0) is 44.9. The second kappa shape index (κ2) is 21.9. The summed E-state index contributed by atoms with van der Waals surface area (Å²) in [6.45, 7) is 1.98. The monoisotopic (exact) mass is 908 g/mol. The number of likely N-dealkylation sites (tertiary alicyclic amines) is 2. The Morgan fingerprint density at radius 1 is 0.470 bits per heavy atom. The lowest BCUT2D eigenvalue weighted by molar-refractivity contribution is 0.0913. The zero-order valence-corrected chi connectivity index (χ0v) is 38.3. The molecule has 10 heteroatoms. The SMILES string of the molecule is O=C(OCc1ccccc1)N1CCCC1c1nc(C(c2ccccc2)c2ccccc2)cs1.O=C(OCc1ccccc1)N1CCCC1c1nc(C(c2ccccc2)c2ccccc2)cs1. The second-order valence-electron chi connectivity index (χ2n) is 16.5. The molecule has 4 heterocycles. The first-order valence-electron chi connectivity index (χ1n) is 22.6. The molecule has 2 saturated heterocycles. The molecule has 2 unspecified atom stereocenters. The van der Waals surface area contributed by atoms with Gasteiger partial charge in [-0.2, -0.15) is 0 Å². The minimum absolute atomic E-state index is 0.0285. The molecule has 0 saturated carbocycles. The van der Waals surface area contributed by atoms with E-state index in [1.807, 2.05) is 94.7 Å². The smallest absolute Gasteiger partial charge is 0.410 e. The minimum atomic E-state index is -0.263. The molecule has 10 rings (SSSR count). The molecule has 0 aliphatic carbocycles. The van der Waals surface area contributed by atoms with E-state index in [-0.39, 0.29) is 49.3 Å². The van der Waals surface area contributed by atoms with Crippen molar-refractivity contribution in [3.63, 3.8) is 0 Å². The van der Waals surface area contributed by atoms with Crippen molar-refractivity contribution < 1.29 is 19.1 Å². The Hall–Kier alpha value is -6.88. The average molecular weight is 909 g/mol. The van der Waals surface area contributed by atoms with Crippen LogP contribution in [0.4, 0.5) is 9.59 Å². The Balaban J connectivity index is 0.000000166. The van der Waals surface area contributed by atoms with E-state index >= 15 is 0 Å². The van der Waals surface area contributed by atoms with Crippen LogP contribution in [-0.4, -0.2) is 45.0 Å². The lowest BCUT2D eigenvalue weighted by Gasteiger charge is -2.22. The van der Waals surface area contributed by atoms with Crippen LogP contribution in [0.3, 0.4) is 0 Å². The van der Waals surface area contributed by atoms with Crippen LogP contribution in [0, 0.1) is 0 Å². The molecule has 2 atom stereocenters. The molecule has 6 aromatic carbocycles. The summed E-state index contributed by atoms with van der Waals surface area (Å²) in [6.07, 6.45) is 3.21. The molecule has 2 amide bonds. The van der Waals surface area contributed by atoms with Gasteiger partial charge in [-0.15, -0.1) is 22.7 Å². The maximum absolute atomic E-state index is 12.9. The van der Waals surface area contributed by atoms with Crippen LogP contribution in [0.5, 0.6) is 0 Å². The van der Waals surface area contributed by atoms with Crippen LogP contribution in [0.2, 0.25) is 0 Å². The van der Waals surface area contributed by atoms with Crippen LogP contribution >= 0.6 is 22.7 Å². The van der Waals surface area contributed by atoms with Gasteiger partial charge in [-0.3, -0.25) is 9.80 Å². The Morgan fingerprint density at radius 3 is 1.09 bits per heavy atom. The molecule has 0 radical (unpaired) electrons. The summed E-state index contributed by atoms with van der Waals surface area (Å²) in [5, 5.41) is 6.25. The van der Waals surface area contributed by atoms with Crippen LogP contribution < -0.4 is 0 Å². The van der Waals surface area contributed by atoms with Crippen LogP contribution in [-0.2, 0) is 22.7 Å². The fourth-order valence-electron chi connectivity index (χ4n) is 8.91. The van der Waals surface area contributed by atoms with Crippen LogP contribution in [0.1, 0.15) is 104 Å². The Morgan fingerprint density at radius 2 is 0.773 bits per heavy atom. The lowest BCUT2D eigenvalue weighted by Crippen LogP contribution is -2.31. The van der Waals surface area contributed by atoms with Crippen molar-refractivity contribution in [1.29, 1.82) is 0 Å². The Kier molecular flexibility index (Phi) is 14.7. The van der Waals surface area contributed by atoms with Gasteiger partial charge in [0.2, 0.25) is 0 Å². The molecule has 2 aliphatic rings. The first-order valence-corrected chi connectivity index (χ1v) is 24.4. The molecule has 0 spiro atoms. The van der Waals surface area contributed by atoms with Crippen LogP contribution in [0.25, 0.3) is 0 Å². The van der Waals surface area contributed by atoms with Gasteiger partial charge in [-0.25, -0.2) is 19.6 Å². The van der Waals surface area contributed by atoms with Crippen molar-refractivity contribution in [1.82, 2.24) is 19.8 Å². The van der Waals surface area contributed by atoms with Gasteiger partial charge in [0.15, 0.2) is 0 Å². The van der Waals surface area contributed by atoms with Crippen molar-refractivity contribution in [2.45, 2.75) is 62.8 Å². The molecule has 8 nitrogen and oxygen atoms in total. The summed E-state index contributed by atoms with van der Waals surface area (Å²) in [7, 11) is 0. The molecular weight excluding hydrogens is 857 g/mol. The van der Waals surface area contributed by atoms with E-state index in [9.17, 15) is 9.59 Å². The highest BCUT2D eigenvalue weighted by molar-refractivity contribution is 7.10. The summed E-state index contributed by atoms with van der Waals surface area (Å²) in [5.74, 6) is 0.134. The standard InChI is InChI=1S/2C28H26N2O2S/c2*31-28(32-19-21-11-4-1-5-12-21)30-18-10-17-25(30)27-29-24(20-33-27)26(22-13-6-2-7-14-22)23-15-8-3-9-16-23/h2*1-9,11-16,20,25-26H,10,17-19H2.